The molecule has 22 heavy (non-hydrogen) atoms. The van der Waals surface area contributed by atoms with Crippen molar-refractivity contribution in [3.8, 4) is 5.75 Å². The molecule has 5 heteroatoms. The number of carbonyl (C=O) groups is 1. The second kappa shape index (κ2) is 6.71. The Morgan fingerprint density at radius 1 is 1.18 bits per heavy atom. The van der Waals surface area contributed by atoms with Crippen LogP contribution in [-0.2, 0) is 4.79 Å². The quantitative estimate of drug-likeness (QED) is 0.841. The van der Waals surface area contributed by atoms with E-state index in [0.717, 1.165) is 16.7 Å². The molecule has 0 unspecified atom stereocenters. The van der Waals surface area contributed by atoms with Crippen LogP contribution in [0.4, 0.5) is 11.4 Å². The lowest BCUT2D eigenvalue weighted by Crippen LogP contribution is -2.20. The van der Waals surface area contributed by atoms with E-state index >= 15 is 0 Å². The van der Waals surface area contributed by atoms with Crippen molar-refractivity contribution in [1.29, 1.82) is 0 Å². The lowest BCUT2D eigenvalue weighted by molar-refractivity contribution is -0.118. The lowest BCUT2D eigenvalue weighted by atomic mass is 10.1. The predicted molar refractivity (Wildman–Crippen MR) is 90.6 cm³/mol. The maximum absolute atomic E-state index is 12.0. The molecule has 0 aliphatic carbocycles. The zero-order valence-corrected chi connectivity index (χ0v) is 13.6. The first-order chi connectivity index (χ1) is 10.4. The fraction of sp³-hybridized carbons (Fsp3) is 0.235. The number of ether oxygens (including phenoxy) is 1. The number of benzene rings is 2. The monoisotopic (exact) mass is 318 g/mol. The zero-order valence-electron chi connectivity index (χ0n) is 12.9. The van der Waals surface area contributed by atoms with Crippen molar-refractivity contribution in [3.63, 3.8) is 0 Å². The Hall–Kier alpha value is -2.20. The molecule has 0 bridgehead atoms. The van der Waals surface area contributed by atoms with Crippen molar-refractivity contribution in [2.75, 3.05) is 17.7 Å². The molecule has 0 aliphatic heterocycles. The van der Waals surface area contributed by atoms with E-state index < -0.39 is 0 Å². The van der Waals surface area contributed by atoms with Crippen molar-refractivity contribution < 1.29 is 9.53 Å². The number of hydrogen-bond donors (Lipinski definition) is 2. The molecule has 116 valence electrons. The minimum Gasteiger partial charge on any atom is -0.482 e. The topological polar surface area (TPSA) is 64.3 Å². The van der Waals surface area contributed by atoms with Gasteiger partial charge in [0, 0.05) is 11.4 Å². The van der Waals surface area contributed by atoms with Gasteiger partial charge in [0.2, 0.25) is 0 Å². The standard InChI is InChI=1S/C17H19ClN2O2/c1-10-6-12(3)17(14(18)7-10)22-9-16(21)20-13-5-4-11(2)15(19)8-13/h4-8H,9,19H2,1-3H3,(H,20,21). The Kier molecular flexibility index (Phi) is 4.93. The van der Waals surface area contributed by atoms with Crippen LogP contribution in [0, 0.1) is 20.8 Å². The van der Waals surface area contributed by atoms with Crippen molar-refractivity contribution >= 4 is 28.9 Å². The van der Waals surface area contributed by atoms with Crippen LogP contribution in [0.25, 0.3) is 0 Å². The van der Waals surface area contributed by atoms with Crippen molar-refractivity contribution in [1.82, 2.24) is 0 Å². The van der Waals surface area contributed by atoms with E-state index in [4.69, 9.17) is 22.1 Å². The van der Waals surface area contributed by atoms with Gasteiger partial charge in [-0.2, -0.15) is 0 Å². The van der Waals surface area contributed by atoms with Gasteiger partial charge in [-0.25, -0.2) is 0 Å². The second-order valence-corrected chi connectivity index (χ2v) is 5.71. The molecule has 0 spiro atoms. The molecule has 2 aromatic carbocycles. The van der Waals surface area contributed by atoms with Crippen molar-refractivity contribution in [3.05, 3.63) is 52.0 Å². The highest BCUT2D eigenvalue weighted by molar-refractivity contribution is 6.32. The van der Waals surface area contributed by atoms with Crippen molar-refractivity contribution in [2.45, 2.75) is 20.8 Å². The molecule has 2 aromatic rings. The summed E-state index contributed by atoms with van der Waals surface area (Å²) in [6.45, 7) is 5.65. The van der Waals surface area contributed by atoms with E-state index in [-0.39, 0.29) is 12.5 Å². The largest absolute Gasteiger partial charge is 0.482 e. The first-order valence-electron chi connectivity index (χ1n) is 6.92. The molecule has 3 N–H and O–H groups in total. The maximum Gasteiger partial charge on any atom is 0.262 e. The number of rotatable bonds is 4. The summed E-state index contributed by atoms with van der Waals surface area (Å²) < 4.78 is 5.54. The van der Waals surface area contributed by atoms with Gasteiger partial charge in [-0.15, -0.1) is 0 Å². The van der Waals surface area contributed by atoms with Gasteiger partial charge >= 0.3 is 0 Å². The van der Waals surface area contributed by atoms with E-state index in [1.54, 1.807) is 12.1 Å². The second-order valence-electron chi connectivity index (χ2n) is 5.30. The molecular weight excluding hydrogens is 300 g/mol. The highest BCUT2D eigenvalue weighted by atomic mass is 35.5. The van der Waals surface area contributed by atoms with Gasteiger partial charge in [-0.1, -0.05) is 23.7 Å². The summed E-state index contributed by atoms with van der Waals surface area (Å²) in [4.78, 5) is 12.0. The van der Waals surface area contributed by atoms with Gasteiger partial charge in [0.25, 0.3) is 5.91 Å². The normalized spacial score (nSPS) is 10.4. The number of nitrogens with two attached hydrogens (primary N) is 1. The molecule has 0 atom stereocenters. The van der Waals surface area contributed by atoms with Crippen LogP contribution in [0.2, 0.25) is 5.02 Å². The molecule has 0 radical (unpaired) electrons. The number of hydrogen-bond acceptors (Lipinski definition) is 3. The minimum atomic E-state index is -0.265. The van der Waals surface area contributed by atoms with Gasteiger partial charge in [0.1, 0.15) is 5.75 Å². The number of amides is 1. The van der Waals surface area contributed by atoms with E-state index in [9.17, 15) is 4.79 Å². The van der Waals surface area contributed by atoms with Crippen molar-refractivity contribution in [2.24, 2.45) is 0 Å². The number of nitrogens with one attached hydrogen (secondary N) is 1. The van der Waals surface area contributed by atoms with E-state index in [1.165, 1.54) is 0 Å². The number of nitrogen functional groups attached to an aromatic ring is 1. The van der Waals surface area contributed by atoms with Gasteiger partial charge in [-0.05, 0) is 55.7 Å². The molecule has 0 aromatic heterocycles. The summed E-state index contributed by atoms with van der Waals surface area (Å²) in [6, 6.07) is 9.14. The van der Waals surface area contributed by atoms with Crippen LogP contribution < -0.4 is 15.8 Å². The Balaban J connectivity index is 2.00. The summed E-state index contributed by atoms with van der Waals surface area (Å²) in [5.74, 6) is 0.269. The van der Waals surface area contributed by atoms with Crippen LogP contribution >= 0.6 is 11.6 Å². The Morgan fingerprint density at radius 3 is 2.55 bits per heavy atom. The molecule has 2 rings (SSSR count). The summed E-state index contributed by atoms with van der Waals surface area (Å²) in [7, 11) is 0. The third-order valence-corrected chi connectivity index (χ3v) is 3.56. The van der Waals surface area contributed by atoms with Gasteiger partial charge in [0.15, 0.2) is 6.61 Å². The zero-order chi connectivity index (χ0) is 16.3. The Labute approximate surface area is 135 Å². The number of aryl methyl sites for hydroxylation is 3. The minimum absolute atomic E-state index is 0.114. The van der Waals surface area contributed by atoms with Crippen LogP contribution in [0.15, 0.2) is 30.3 Å². The third-order valence-electron chi connectivity index (χ3n) is 3.28. The molecule has 4 nitrogen and oxygen atoms in total. The molecule has 0 saturated carbocycles. The Morgan fingerprint density at radius 2 is 1.91 bits per heavy atom. The van der Waals surface area contributed by atoms with Crippen LogP contribution in [0.3, 0.4) is 0 Å². The average molecular weight is 319 g/mol. The fourth-order valence-electron chi connectivity index (χ4n) is 2.14. The van der Waals surface area contributed by atoms with E-state index in [2.05, 4.69) is 5.32 Å². The smallest absolute Gasteiger partial charge is 0.262 e. The summed E-state index contributed by atoms with van der Waals surface area (Å²) in [6.07, 6.45) is 0. The molecule has 1 amide bonds. The summed E-state index contributed by atoms with van der Waals surface area (Å²) in [5, 5.41) is 3.25. The SMILES string of the molecule is Cc1cc(C)c(OCC(=O)Nc2ccc(C)c(N)c2)c(Cl)c1. The van der Waals surface area contributed by atoms with Gasteiger partial charge < -0.3 is 15.8 Å². The van der Waals surface area contributed by atoms with E-state index in [0.29, 0.717) is 22.1 Å². The highest BCUT2D eigenvalue weighted by Crippen LogP contribution is 2.29. The molecule has 0 aliphatic rings. The highest BCUT2D eigenvalue weighted by Gasteiger charge is 2.10. The molecule has 0 fully saturated rings. The number of halogens is 1. The molecular formula is C17H19ClN2O2. The summed E-state index contributed by atoms with van der Waals surface area (Å²) in [5.41, 5.74) is 10.0. The lowest BCUT2D eigenvalue weighted by Gasteiger charge is -2.12. The maximum atomic E-state index is 12.0. The Bertz CT molecular complexity index is 691. The number of anilines is 2. The van der Waals surface area contributed by atoms with Crippen LogP contribution in [0.5, 0.6) is 5.75 Å². The summed E-state index contributed by atoms with van der Waals surface area (Å²) >= 11 is 6.14. The van der Waals surface area contributed by atoms with Crippen LogP contribution in [0.1, 0.15) is 16.7 Å². The predicted octanol–water partition coefficient (Wildman–Crippen LogP) is 3.86. The molecule has 0 saturated heterocycles. The van der Waals surface area contributed by atoms with Gasteiger partial charge in [-0.3, -0.25) is 4.79 Å². The number of carbonyl (C=O) groups excluding carboxylic acids is 1. The van der Waals surface area contributed by atoms with E-state index in [1.807, 2.05) is 39.0 Å². The average Bonchev–Trinajstić information content (AvgIpc) is 2.41. The first-order valence-corrected chi connectivity index (χ1v) is 7.30. The molecule has 0 heterocycles. The van der Waals surface area contributed by atoms with Gasteiger partial charge in [0.05, 0.1) is 5.02 Å². The first kappa shape index (κ1) is 16.2. The third kappa shape index (κ3) is 3.92. The van der Waals surface area contributed by atoms with Crippen LogP contribution in [-0.4, -0.2) is 12.5 Å². The fourth-order valence-corrected chi connectivity index (χ4v) is 2.51.